The van der Waals surface area contributed by atoms with Gasteiger partial charge >= 0.3 is 0 Å². The van der Waals surface area contributed by atoms with Crippen molar-refractivity contribution in [3.8, 4) is 0 Å². The number of carbonyl (C=O) groups excluding carboxylic acids is 2. The second-order valence-electron chi connectivity index (χ2n) is 6.33. The molecule has 2 amide bonds. The quantitative estimate of drug-likeness (QED) is 0.758. The summed E-state index contributed by atoms with van der Waals surface area (Å²) < 4.78 is 0. The van der Waals surface area contributed by atoms with E-state index < -0.39 is 5.54 Å². The van der Waals surface area contributed by atoms with Crippen LogP contribution in [0.1, 0.15) is 46.5 Å². The molecule has 0 aromatic rings. The van der Waals surface area contributed by atoms with Crippen LogP contribution < -0.4 is 10.6 Å². The SMILES string of the molecule is CSCC(C)C(=O)NC(C)(C)C(=O)NCC1CCCC1. The Labute approximate surface area is 126 Å². The number of hydrogen-bond acceptors (Lipinski definition) is 3. The van der Waals surface area contributed by atoms with Crippen molar-refractivity contribution in [3.05, 3.63) is 0 Å². The number of nitrogens with one attached hydrogen (secondary N) is 2. The van der Waals surface area contributed by atoms with Crippen LogP contribution in [0.2, 0.25) is 0 Å². The van der Waals surface area contributed by atoms with Crippen molar-refractivity contribution < 1.29 is 9.59 Å². The highest BCUT2D eigenvalue weighted by atomic mass is 32.2. The maximum atomic E-state index is 12.2. The van der Waals surface area contributed by atoms with Crippen molar-refractivity contribution in [3.63, 3.8) is 0 Å². The third-order valence-electron chi connectivity index (χ3n) is 3.89. The minimum atomic E-state index is -0.845. The van der Waals surface area contributed by atoms with Gasteiger partial charge in [0.15, 0.2) is 0 Å². The molecule has 1 atom stereocenters. The fraction of sp³-hybridized carbons (Fsp3) is 0.867. The molecule has 0 aliphatic heterocycles. The number of carbonyl (C=O) groups is 2. The van der Waals surface area contributed by atoms with Crippen LogP contribution in [0.3, 0.4) is 0 Å². The predicted octanol–water partition coefficient (Wildman–Crippen LogP) is 2.19. The Morgan fingerprint density at radius 2 is 1.90 bits per heavy atom. The van der Waals surface area contributed by atoms with E-state index in [4.69, 9.17) is 0 Å². The normalized spacial score (nSPS) is 17.8. The molecule has 4 nitrogen and oxygen atoms in total. The molecule has 2 N–H and O–H groups in total. The Bertz CT molecular complexity index is 339. The lowest BCUT2D eigenvalue weighted by molar-refractivity contribution is -0.133. The molecule has 0 radical (unpaired) electrons. The first-order valence-electron chi connectivity index (χ1n) is 7.46. The fourth-order valence-electron chi connectivity index (χ4n) is 2.49. The highest BCUT2D eigenvalue weighted by molar-refractivity contribution is 7.98. The van der Waals surface area contributed by atoms with Crippen LogP contribution in [0.4, 0.5) is 0 Å². The summed E-state index contributed by atoms with van der Waals surface area (Å²) in [6, 6.07) is 0. The number of amides is 2. The van der Waals surface area contributed by atoms with Gasteiger partial charge in [-0.25, -0.2) is 0 Å². The van der Waals surface area contributed by atoms with E-state index in [2.05, 4.69) is 10.6 Å². The second-order valence-corrected chi connectivity index (χ2v) is 7.24. The molecule has 0 aromatic heterocycles. The third-order valence-corrected chi connectivity index (χ3v) is 4.73. The summed E-state index contributed by atoms with van der Waals surface area (Å²) in [6.45, 7) is 6.15. The lowest BCUT2D eigenvalue weighted by atomic mass is 10.0. The Kier molecular flexibility index (Phi) is 6.86. The smallest absolute Gasteiger partial charge is 0.245 e. The third kappa shape index (κ3) is 5.35. The van der Waals surface area contributed by atoms with Crippen LogP contribution in [0.15, 0.2) is 0 Å². The topological polar surface area (TPSA) is 58.2 Å². The number of hydrogen-bond donors (Lipinski definition) is 2. The van der Waals surface area contributed by atoms with E-state index in [9.17, 15) is 9.59 Å². The second kappa shape index (κ2) is 7.91. The highest BCUT2D eigenvalue weighted by Crippen LogP contribution is 2.23. The fourth-order valence-corrected chi connectivity index (χ4v) is 3.14. The molecule has 1 fully saturated rings. The summed E-state index contributed by atoms with van der Waals surface area (Å²) in [5.74, 6) is 1.16. The van der Waals surface area contributed by atoms with Gasteiger partial charge in [0.25, 0.3) is 0 Å². The van der Waals surface area contributed by atoms with E-state index in [1.54, 1.807) is 25.6 Å². The van der Waals surface area contributed by atoms with E-state index in [0.29, 0.717) is 5.92 Å². The molecule has 0 spiro atoms. The van der Waals surface area contributed by atoms with Crippen molar-refractivity contribution in [1.82, 2.24) is 10.6 Å². The average Bonchev–Trinajstić information content (AvgIpc) is 2.88. The number of thioether (sulfide) groups is 1. The van der Waals surface area contributed by atoms with Gasteiger partial charge in [0.1, 0.15) is 5.54 Å². The van der Waals surface area contributed by atoms with Gasteiger partial charge in [0.05, 0.1) is 0 Å². The zero-order valence-electron chi connectivity index (χ0n) is 13.1. The van der Waals surface area contributed by atoms with Gasteiger partial charge in [-0.05, 0) is 38.9 Å². The highest BCUT2D eigenvalue weighted by Gasteiger charge is 2.31. The van der Waals surface area contributed by atoms with Gasteiger partial charge in [0, 0.05) is 18.2 Å². The van der Waals surface area contributed by atoms with E-state index in [1.807, 2.05) is 13.2 Å². The standard InChI is InChI=1S/C15H28N2O2S/c1-11(10-20-4)13(18)17-15(2,3)14(19)16-9-12-7-5-6-8-12/h11-12H,5-10H2,1-4H3,(H,16,19)(H,17,18). The van der Waals surface area contributed by atoms with Crippen LogP contribution in [0.5, 0.6) is 0 Å². The summed E-state index contributed by atoms with van der Waals surface area (Å²) in [5.41, 5.74) is -0.845. The Hall–Kier alpha value is -0.710. The summed E-state index contributed by atoms with van der Waals surface area (Å²) in [7, 11) is 0. The average molecular weight is 300 g/mol. The zero-order chi connectivity index (χ0) is 15.2. The molecule has 20 heavy (non-hydrogen) atoms. The van der Waals surface area contributed by atoms with Crippen molar-refractivity contribution in [1.29, 1.82) is 0 Å². The summed E-state index contributed by atoms with van der Waals surface area (Å²) >= 11 is 1.64. The first-order valence-corrected chi connectivity index (χ1v) is 8.85. The minimum absolute atomic E-state index is 0.0552. The molecule has 0 aromatic carbocycles. The zero-order valence-corrected chi connectivity index (χ0v) is 13.9. The Morgan fingerprint density at radius 3 is 2.45 bits per heavy atom. The molecule has 0 saturated heterocycles. The van der Waals surface area contributed by atoms with Gasteiger partial charge in [-0.2, -0.15) is 11.8 Å². The maximum Gasteiger partial charge on any atom is 0.245 e. The molecule has 116 valence electrons. The van der Waals surface area contributed by atoms with Crippen molar-refractivity contribution >= 4 is 23.6 Å². The van der Waals surface area contributed by atoms with E-state index >= 15 is 0 Å². The van der Waals surface area contributed by atoms with Gasteiger partial charge in [-0.1, -0.05) is 19.8 Å². The molecule has 1 rings (SSSR count). The predicted molar refractivity (Wildman–Crippen MR) is 84.7 cm³/mol. The van der Waals surface area contributed by atoms with Crippen molar-refractivity contribution in [2.45, 2.75) is 52.0 Å². The minimum Gasteiger partial charge on any atom is -0.354 e. The molecule has 1 unspecified atom stereocenters. The Balaban J connectivity index is 2.41. The maximum absolute atomic E-state index is 12.2. The van der Waals surface area contributed by atoms with E-state index in [0.717, 1.165) is 12.3 Å². The van der Waals surface area contributed by atoms with Crippen LogP contribution in [-0.2, 0) is 9.59 Å². The van der Waals surface area contributed by atoms with Gasteiger partial charge in [0.2, 0.25) is 11.8 Å². The lowest BCUT2D eigenvalue weighted by Gasteiger charge is -2.27. The molecule has 0 heterocycles. The van der Waals surface area contributed by atoms with Crippen molar-refractivity contribution in [2.24, 2.45) is 11.8 Å². The van der Waals surface area contributed by atoms with Crippen LogP contribution in [0, 0.1) is 11.8 Å². The van der Waals surface area contributed by atoms with Gasteiger partial charge in [-0.15, -0.1) is 0 Å². The molecule has 1 saturated carbocycles. The van der Waals surface area contributed by atoms with Crippen LogP contribution in [-0.4, -0.2) is 35.9 Å². The van der Waals surface area contributed by atoms with Gasteiger partial charge < -0.3 is 10.6 Å². The Morgan fingerprint density at radius 1 is 1.30 bits per heavy atom. The summed E-state index contributed by atoms with van der Waals surface area (Å²) in [4.78, 5) is 24.2. The summed E-state index contributed by atoms with van der Waals surface area (Å²) in [5, 5.41) is 5.83. The molecule has 1 aliphatic rings. The molecule has 5 heteroatoms. The van der Waals surface area contributed by atoms with Crippen LogP contribution in [0.25, 0.3) is 0 Å². The van der Waals surface area contributed by atoms with E-state index in [-0.39, 0.29) is 17.7 Å². The number of rotatable bonds is 7. The first kappa shape index (κ1) is 17.3. The van der Waals surface area contributed by atoms with Gasteiger partial charge in [-0.3, -0.25) is 9.59 Å². The van der Waals surface area contributed by atoms with E-state index in [1.165, 1.54) is 25.7 Å². The monoisotopic (exact) mass is 300 g/mol. The molecular formula is C15H28N2O2S. The first-order chi connectivity index (χ1) is 9.36. The van der Waals surface area contributed by atoms with Crippen molar-refractivity contribution in [2.75, 3.05) is 18.6 Å². The lowest BCUT2D eigenvalue weighted by Crippen LogP contribution is -2.56. The molecule has 0 bridgehead atoms. The molecule has 1 aliphatic carbocycles. The summed E-state index contributed by atoms with van der Waals surface area (Å²) in [6.07, 6.45) is 6.93. The largest absolute Gasteiger partial charge is 0.354 e. The molecular weight excluding hydrogens is 272 g/mol. The van der Waals surface area contributed by atoms with Crippen LogP contribution >= 0.6 is 11.8 Å².